The largest absolute Gasteiger partial charge is 0.330 e. The number of nitrogens with one attached hydrogen (secondary N) is 1. The Balaban J connectivity index is 1.56. The van der Waals surface area contributed by atoms with Crippen LogP contribution in [0, 0.1) is 0 Å². The highest BCUT2D eigenvalue weighted by molar-refractivity contribution is 6.30. The summed E-state index contributed by atoms with van der Waals surface area (Å²) in [5, 5.41) is 4.22. The van der Waals surface area contributed by atoms with Crippen molar-refractivity contribution in [3.05, 3.63) is 53.1 Å². The third-order valence-electron chi connectivity index (χ3n) is 3.21. The van der Waals surface area contributed by atoms with Gasteiger partial charge in [-0.1, -0.05) is 23.7 Å². The minimum absolute atomic E-state index is 0.690. The van der Waals surface area contributed by atoms with Gasteiger partial charge in [0, 0.05) is 30.4 Å². The lowest BCUT2D eigenvalue weighted by Gasteiger charge is -2.08. The lowest BCUT2D eigenvalue weighted by Crippen LogP contribution is -2.15. The second-order valence-electron chi connectivity index (χ2n) is 4.76. The van der Waals surface area contributed by atoms with Crippen LogP contribution in [0.4, 0.5) is 0 Å². The van der Waals surface area contributed by atoms with Crippen LogP contribution in [-0.2, 0) is 13.1 Å². The molecule has 18 heavy (non-hydrogen) atoms. The van der Waals surface area contributed by atoms with Gasteiger partial charge in [0.25, 0.3) is 0 Å². The maximum atomic E-state index is 5.96. The molecule has 1 saturated carbocycles. The van der Waals surface area contributed by atoms with E-state index in [1.807, 2.05) is 30.7 Å². The van der Waals surface area contributed by atoms with E-state index in [1.165, 1.54) is 24.1 Å². The SMILES string of the molecule is Clc1cccc(CNCc2cncn2C2CC2)c1. The van der Waals surface area contributed by atoms with Gasteiger partial charge in [0.2, 0.25) is 0 Å². The van der Waals surface area contributed by atoms with Crippen LogP contribution in [0.3, 0.4) is 0 Å². The fourth-order valence-electron chi connectivity index (χ4n) is 2.13. The average molecular weight is 262 g/mol. The summed E-state index contributed by atoms with van der Waals surface area (Å²) in [6, 6.07) is 8.64. The zero-order valence-electron chi connectivity index (χ0n) is 10.1. The van der Waals surface area contributed by atoms with Crippen molar-refractivity contribution in [2.24, 2.45) is 0 Å². The monoisotopic (exact) mass is 261 g/mol. The Hall–Kier alpha value is -1.32. The summed E-state index contributed by atoms with van der Waals surface area (Å²) in [5.41, 5.74) is 2.47. The highest BCUT2D eigenvalue weighted by Gasteiger charge is 2.24. The molecule has 1 aliphatic carbocycles. The van der Waals surface area contributed by atoms with Gasteiger partial charge < -0.3 is 9.88 Å². The van der Waals surface area contributed by atoms with Gasteiger partial charge >= 0.3 is 0 Å². The predicted molar refractivity (Wildman–Crippen MR) is 72.5 cm³/mol. The fraction of sp³-hybridized carbons (Fsp3) is 0.357. The number of halogens is 1. The first-order valence-electron chi connectivity index (χ1n) is 6.29. The zero-order chi connectivity index (χ0) is 12.4. The third-order valence-corrected chi connectivity index (χ3v) is 3.45. The van der Waals surface area contributed by atoms with Crippen LogP contribution in [0.15, 0.2) is 36.8 Å². The summed E-state index contributed by atoms with van der Waals surface area (Å²) in [6.45, 7) is 1.68. The molecule has 1 aromatic carbocycles. The Morgan fingerprint density at radius 2 is 2.22 bits per heavy atom. The molecule has 2 aromatic rings. The van der Waals surface area contributed by atoms with Crippen molar-refractivity contribution in [1.29, 1.82) is 0 Å². The van der Waals surface area contributed by atoms with Crippen molar-refractivity contribution in [1.82, 2.24) is 14.9 Å². The van der Waals surface area contributed by atoms with Crippen LogP contribution in [0.2, 0.25) is 5.02 Å². The van der Waals surface area contributed by atoms with Crippen LogP contribution in [0.25, 0.3) is 0 Å². The minimum atomic E-state index is 0.690. The normalized spacial score (nSPS) is 14.9. The topological polar surface area (TPSA) is 29.9 Å². The Morgan fingerprint density at radius 3 is 3.00 bits per heavy atom. The van der Waals surface area contributed by atoms with Gasteiger partial charge in [0.1, 0.15) is 0 Å². The summed E-state index contributed by atoms with van der Waals surface area (Å²) in [4.78, 5) is 4.22. The van der Waals surface area contributed by atoms with E-state index in [0.29, 0.717) is 6.04 Å². The maximum Gasteiger partial charge on any atom is 0.0951 e. The second kappa shape index (κ2) is 5.12. The summed E-state index contributed by atoms with van der Waals surface area (Å²) in [5.74, 6) is 0. The van der Waals surface area contributed by atoms with Crippen LogP contribution < -0.4 is 5.32 Å². The smallest absolute Gasteiger partial charge is 0.0951 e. The first-order valence-corrected chi connectivity index (χ1v) is 6.66. The standard InChI is InChI=1S/C14H16ClN3/c15-12-3-1-2-11(6-12)7-16-8-14-9-17-10-18(14)13-4-5-13/h1-3,6,9-10,13,16H,4-5,7-8H2. The highest BCUT2D eigenvalue weighted by atomic mass is 35.5. The van der Waals surface area contributed by atoms with Gasteiger partial charge in [-0.3, -0.25) is 0 Å². The molecule has 0 radical (unpaired) electrons. The summed E-state index contributed by atoms with van der Waals surface area (Å²) in [6.07, 6.45) is 6.46. The number of rotatable bonds is 5. The van der Waals surface area contributed by atoms with Crippen molar-refractivity contribution in [2.75, 3.05) is 0 Å². The first-order chi connectivity index (χ1) is 8.83. The van der Waals surface area contributed by atoms with Crippen LogP contribution in [0.1, 0.15) is 30.1 Å². The molecule has 0 bridgehead atoms. The number of hydrogen-bond acceptors (Lipinski definition) is 2. The molecule has 1 aliphatic rings. The second-order valence-corrected chi connectivity index (χ2v) is 5.19. The van der Waals surface area contributed by atoms with Gasteiger partial charge in [-0.25, -0.2) is 4.98 Å². The molecule has 94 valence electrons. The molecule has 0 unspecified atom stereocenters. The van der Waals surface area contributed by atoms with E-state index in [1.54, 1.807) is 0 Å². The van der Waals surface area contributed by atoms with Crippen molar-refractivity contribution < 1.29 is 0 Å². The molecule has 0 spiro atoms. The van der Waals surface area contributed by atoms with Crippen LogP contribution >= 0.6 is 11.6 Å². The number of hydrogen-bond donors (Lipinski definition) is 1. The highest BCUT2D eigenvalue weighted by Crippen LogP contribution is 2.35. The Kier molecular flexibility index (Phi) is 3.35. The molecule has 0 amide bonds. The molecule has 3 rings (SSSR count). The van der Waals surface area contributed by atoms with Gasteiger partial charge in [0.15, 0.2) is 0 Å². The average Bonchev–Trinajstić information content (AvgIpc) is 3.10. The van der Waals surface area contributed by atoms with Gasteiger partial charge in [0.05, 0.1) is 12.0 Å². The molecule has 1 N–H and O–H groups in total. The molecule has 4 heteroatoms. The lowest BCUT2D eigenvalue weighted by molar-refractivity contribution is 0.621. The minimum Gasteiger partial charge on any atom is -0.330 e. The van der Waals surface area contributed by atoms with Crippen LogP contribution in [-0.4, -0.2) is 9.55 Å². The fourth-order valence-corrected chi connectivity index (χ4v) is 2.35. The number of benzene rings is 1. The lowest BCUT2D eigenvalue weighted by atomic mass is 10.2. The molecule has 0 saturated heterocycles. The Bertz CT molecular complexity index is 531. The maximum absolute atomic E-state index is 5.96. The van der Waals surface area contributed by atoms with E-state index in [4.69, 9.17) is 11.6 Å². The van der Waals surface area contributed by atoms with E-state index in [9.17, 15) is 0 Å². The molecular formula is C14H16ClN3. The molecule has 3 nitrogen and oxygen atoms in total. The number of nitrogens with zero attached hydrogens (tertiary/aromatic N) is 2. The predicted octanol–water partition coefficient (Wildman–Crippen LogP) is 3.16. The van der Waals surface area contributed by atoms with Gasteiger partial charge in [-0.05, 0) is 30.5 Å². The summed E-state index contributed by atoms with van der Waals surface area (Å²) in [7, 11) is 0. The molecular weight excluding hydrogens is 246 g/mol. The quantitative estimate of drug-likeness (QED) is 0.896. The first kappa shape index (κ1) is 11.8. The van der Waals surface area contributed by atoms with Crippen molar-refractivity contribution in [2.45, 2.75) is 32.0 Å². The van der Waals surface area contributed by atoms with Crippen molar-refractivity contribution >= 4 is 11.6 Å². The van der Waals surface area contributed by atoms with Gasteiger partial charge in [-0.15, -0.1) is 0 Å². The molecule has 0 atom stereocenters. The van der Waals surface area contributed by atoms with E-state index < -0.39 is 0 Å². The number of imidazole rings is 1. The van der Waals surface area contributed by atoms with E-state index in [0.717, 1.165) is 18.1 Å². The molecule has 0 aliphatic heterocycles. The van der Waals surface area contributed by atoms with Gasteiger partial charge in [-0.2, -0.15) is 0 Å². The van der Waals surface area contributed by atoms with Crippen molar-refractivity contribution in [3.8, 4) is 0 Å². The zero-order valence-corrected chi connectivity index (χ0v) is 10.9. The molecule has 1 aromatic heterocycles. The Labute approximate surface area is 112 Å². The van der Waals surface area contributed by atoms with E-state index >= 15 is 0 Å². The molecule has 1 heterocycles. The summed E-state index contributed by atoms with van der Waals surface area (Å²) >= 11 is 5.96. The Morgan fingerprint density at radius 1 is 1.33 bits per heavy atom. The van der Waals surface area contributed by atoms with Crippen LogP contribution in [0.5, 0.6) is 0 Å². The third kappa shape index (κ3) is 2.74. The van der Waals surface area contributed by atoms with E-state index in [2.05, 4.69) is 20.9 Å². The summed E-state index contributed by atoms with van der Waals surface area (Å²) < 4.78 is 2.28. The molecule has 1 fully saturated rings. The van der Waals surface area contributed by atoms with Crippen molar-refractivity contribution in [3.63, 3.8) is 0 Å². The van der Waals surface area contributed by atoms with E-state index in [-0.39, 0.29) is 0 Å². The number of aromatic nitrogens is 2.